The summed E-state index contributed by atoms with van der Waals surface area (Å²) in [6.07, 6.45) is 6.81. The Hall–Kier alpha value is -3.04. The Labute approximate surface area is 154 Å². The minimum absolute atomic E-state index is 0.0296. The SMILES string of the molecule is C#CCN1C(=O)SC(=Cc2ccc(OCc3ccc(F)cc3)cc2)C1=O. The number of ether oxygens (including phenoxy) is 1. The molecule has 0 atom stereocenters. The smallest absolute Gasteiger partial charge is 0.294 e. The number of benzene rings is 2. The Bertz CT molecular complexity index is 898. The van der Waals surface area contributed by atoms with E-state index in [1.165, 1.54) is 12.1 Å². The van der Waals surface area contributed by atoms with Crippen LogP contribution < -0.4 is 4.74 Å². The first-order chi connectivity index (χ1) is 12.6. The molecular formula is C20H14FNO3S. The molecule has 1 aliphatic heterocycles. The number of thioether (sulfide) groups is 1. The second-order valence-corrected chi connectivity index (χ2v) is 6.45. The van der Waals surface area contributed by atoms with E-state index in [1.54, 1.807) is 42.5 Å². The van der Waals surface area contributed by atoms with Crippen molar-refractivity contribution in [1.29, 1.82) is 0 Å². The topological polar surface area (TPSA) is 46.6 Å². The van der Waals surface area contributed by atoms with E-state index in [1.807, 2.05) is 0 Å². The number of amides is 2. The highest BCUT2D eigenvalue weighted by Crippen LogP contribution is 2.32. The van der Waals surface area contributed by atoms with Gasteiger partial charge in [0.15, 0.2) is 0 Å². The molecule has 0 spiro atoms. The van der Waals surface area contributed by atoms with Crippen LogP contribution in [0.25, 0.3) is 6.08 Å². The van der Waals surface area contributed by atoms with Crippen molar-refractivity contribution in [3.05, 3.63) is 70.4 Å². The highest BCUT2D eigenvalue weighted by atomic mass is 32.2. The van der Waals surface area contributed by atoms with Gasteiger partial charge in [0, 0.05) is 0 Å². The fraction of sp³-hybridized carbons (Fsp3) is 0.100. The monoisotopic (exact) mass is 367 g/mol. The Morgan fingerprint density at radius 1 is 1.12 bits per heavy atom. The lowest BCUT2D eigenvalue weighted by Gasteiger charge is -2.07. The van der Waals surface area contributed by atoms with Crippen molar-refractivity contribution in [1.82, 2.24) is 4.90 Å². The van der Waals surface area contributed by atoms with Gasteiger partial charge in [0.2, 0.25) is 0 Å². The fourth-order valence-corrected chi connectivity index (χ4v) is 3.12. The van der Waals surface area contributed by atoms with E-state index < -0.39 is 0 Å². The van der Waals surface area contributed by atoms with Crippen LogP contribution in [0.3, 0.4) is 0 Å². The summed E-state index contributed by atoms with van der Waals surface area (Å²) in [6.45, 7) is 0.294. The molecule has 0 aliphatic carbocycles. The maximum atomic E-state index is 12.9. The Kier molecular flexibility index (Phi) is 5.40. The van der Waals surface area contributed by atoms with E-state index in [2.05, 4.69) is 5.92 Å². The molecular weight excluding hydrogens is 353 g/mol. The van der Waals surface area contributed by atoms with Crippen molar-refractivity contribution in [2.45, 2.75) is 6.61 Å². The van der Waals surface area contributed by atoms with E-state index in [0.29, 0.717) is 17.3 Å². The highest BCUT2D eigenvalue weighted by molar-refractivity contribution is 8.18. The lowest BCUT2D eigenvalue weighted by Crippen LogP contribution is -2.28. The standard InChI is InChI=1S/C20H14FNO3S/c1-2-11-22-19(23)18(26-20(22)24)12-14-5-9-17(10-6-14)25-13-15-3-7-16(21)8-4-15/h1,3-10,12H,11,13H2. The number of terminal acetylenes is 1. The van der Waals surface area contributed by atoms with Crippen LogP contribution in [-0.2, 0) is 11.4 Å². The van der Waals surface area contributed by atoms with Crippen LogP contribution in [0.4, 0.5) is 9.18 Å². The van der Waals surface area contributed by atoms with Gasteiger partial charge in [0.1, 0.15) is 18.2 Å². The van der Waals surface area contributed by atoms with Crippen molar-refractivity contribution in [3.8, 4) is 18.1 Å². The summed E-state index contributed by atoms with van der Waals surface area (Å²) in [4.78, 5) is 25.3. The summed E-state index contributed by atoms with van der Waals surface area (Å²) in [5.41, 5.74) is 1.63. The number of nitrogens with zero attached hydrogens (tertiary/aromatic N) is 1. The van der Waals surface area contributed by atoms with Gasteiger partial charge >= 0.3 is 0 Å². The fourth-order valence-electron chi connectivity index (χ4n) is 2.29. The molecule has 3 rings (SSSR count). The molecule has 1 fully saturated rings. The summed E-state index contributed by atoms with van der Waals surface area (Å²) in [5.74, 6) is 2.28. The molecule has 1 heterocycles. The van der Waals surface area contributed by atoms with Crippen LogP contribution in [0.5, 0.6) is 5.75 Å². The molecule has 2 amide bonds. The summed E-state index contributed by atoms with van der Waals surface area (Å²) in [6, 6.07) is 13.2. The molecule has 1 saturated heterocycles. The molecule has 1 aliphatic rings. The van der Waals surface area contributed by atoms with Gasteiger partial charge in [-0.05, 0) is 53.2 Å². The zero-order valence-electron chi connectivity index (χ0n) is 13.6. The van der Waals surface area contributed by atoms with Gasteiger partial charge in [-0.1, -0.05) is 30.2 Å². The zero-order valence-corrected chi connectivity index (χ0v) is 14.5. The average molecular weight is 367 g/mol. The van der Waals surface area contributed by atoms with E-state index in [0.717, 1.165) is 27.8 Å². The van der Waals surface area contributed by atoms with Gasteiger partial charge < -0.3 is 4.74 Å². The highest BCUT2D eigenvalue weighted by Gasteiger charge is 2.34. The van der Waals surface area contributed by atoms with Gasteiger partial charge in [-0.3, -0.25) is 14.5 Å². The molecule has 2 aromatic rings. The van der Waals surface area contributed by atoms with Crippen molar-refractivity contribution < 1.29 is 18.7 Å². The van der Waals surface area contributed by atoms with Gasteiger partial charge in [-0.15, -0.1) is 6.42 Å². The second-order valence-electron chi connectivity index (χ2n) is 5.46. The number of hydrogen-bond donors (Lipinski definition) is 0. The summed E-state index contributed by atoms with van der Waals surface area (Å²) in [5, 5.41) is -0.363. The normalized spacial score (nSPS) is 15.4. The number of rotatable bonds is 5. The van der Waals surface area contributed by atoms with Crippen molar-refractivity contribution in [2.75, 3.05) is 6.54 Å². The number of imide groups is 1. The second kappa shape index (κ2) is 7.89. The van der Waals surface area contributed by atoms with E-state index in [9.17, 15) is 14.0 Å². The van der Waals surface area contributed by atoms with Gasteiger partial charge in [-0.25, -0.2) is 4.39 Å². The van der Waals surface area contributed by atoms with Crippen LogP contribution in [-0.4, -0.2) is 22.6 Å². The molecule has 6 heteroatoms. The molecule has 0 unspecified atom stereocenters. The molecule has 0 bridgehead atoms. The maximum absolute atomic E-state index is 12.9. The zero-order chi connectivity index (χ0) is 18.5. The third kappa shape index (κ3) is 4.13. The van der Waals surface area contributed by atoms with Crippen molar-refractivity contribution in [3.63, 3.8) is 0 Å². The predicted molar refractivity (Wildman–Crippen MR) is 98.7 cm³/mol. The molecule has 0 aromatic heterocycles. The first kappa shape index (κ1) is 17.8. The average Bonchev–Trinajstić information content (AvgIpc) is 2.90. The van der Waals surface area contributed by atoms with Crippen LogP contribution in [0, 0.1) is 18.2 Å². The van der Waals surface area contributed by atoms with Gasteiger partial charge in [0.25, 0.3) is 11.1 Å². The Balaban J connectivity index is 1.64. The first-order valence-corrected chi connectivity index (χ1v) is 8.54. The summed E-state index contributed by atoms with van der Waals surface area (Å²) in [7, 11) is 0. The number of hydrogen-bond acceptors (Lipinski definition) is 4. The Morgan fingerprint density at radius 3 is 2.46 bits per heavy atom. The van der Waals surface area contributed by atoms with Gasteiger partial charge in [-0.2, -0.15) is 0 Å². The molecule has 0 N–H and O–H groups in total. The number of carbonyl (C=O) groups is 2. The van der Waals surface area contributed by atoms with Crippen molar-refractivity contribution in [2.24, 2.45) is 0 Å². The maximum Gasteiger partial charge on any atom is 0.294 e. The molecule has 26 heavy (non-hydrogen) atoms. The molecule has 4 nitrogen and oxygen atoms in total. The van der Waals surface area contributed by atoms with E-state index in [4.69, 9.17) is 11.2 Å². The van der Waals surface area contributed by atoms with E-state index >= 15 is 0 Å². The molecule has 130 valence electrons. The van der Waals surface area contributed by atoms with E-state index in [-0.39, 0.29) is 23.5 Å². The van der Waals surface area contributed by atoms with Gasteiger partial charge in [0.05, 0.1) is 11.4 Å². The summed E-state index contributed by atoms with van der Waals surface area (Å²) < 4.78 is 18.5. The quantitative estimate of drug-likeness (QED) is 0.590. The van der Waals surface area contributed by atoms with Crippen LogP contribution in [0.1, 0.15) is 11.1 Å². The predicted octanol–water partition coefficient (Wildman–Crippen LogP) is 4.07. The largest absolute Gasteiger partial charge is 0.489 e. The minimum atomic E-state index is -0.380. The van der Waals surface area contributed by atoms with Crippen LogP contribution in [0.15, 0.2) is 53.4 Å². The lowest BCUT2D eigenvalue weighted by molar-refractivity contribution is -0.122. The third-order valence-corrected chi connectivity index (χ3v) is 4.53. The number of carbonyl (C=O) groups excluding carboxylic acids is 2. The Morgan fingerprint density at radius 2 is 1.81 bits per heavy atom. The van der Waals surface area contributed by atoms with Crippen LogP contribution in [0.2, 0.25) is 0 Å². The minimum Gasteiger partial charge on any atom is -0.489 e. The third-order valence-electron chi connectivity index (χ3n) is 3.62. The summed E-state index contributed by atoms with van der Waals surface area (Å²) >= 11 is 0.871. The first-order valence-electron chi connectivity index (χ1n) is 7.73. The lowest BCUT2D eigenvalue weighted by atomic mass is 10.2. The molecule has 0 saturated carbocycles. The van der Waals surface area contributed by atoms with Crippen LogP contribution >= 0.6 is 11.8 Å². The van der Waals surface area contributed by atoms with Crippen molar-refractivity contribution >= 4 is 29.0 Å². The number of halogens is 1. The molecule has 0 radical (unpaired) electrons. The molecule has 2 aromatic carbocycles.